The summed E-state index contributed by atoms with van der Waals surface area (Å²) in [5.41, 5.74) is 2.32. The van der Waals surface area contributed by atoms with Gasteiger partial charge in [-0.3, -0.25) is 0 Å². The first kappa shape index (κ1) is 13.6. The minimum absolute atomic E-state index is 0.0678. The number of hydrogen-bond donors (Lipinski definition) is 3. The van der Waals surface area contributed by atoms with Gasteiger partial charge in [0.05, 0.1) is 11.6 Å². The summed E-state index contributed by atoms with van der Waals surface area (Å²) in [6.45, 7) is 3.80. The maximum absolute atomic E-state index is 9.81. The monoisotopic (exact) mass is 277 g/mol. The number of anilines is 1. The molecule has 2 rings (SSSR count). The molecule has 0 aliphatic rings. The van der Waals surface area contributed by atoms with Crippen LogP contribution in [0.5, 0.6) is 11.5 Å². The van der Waals surface area contributed by atoms with Crippen molar-refractivity contribution in [2.45, 2.75) is 19.9 Å². The van der Waals surface area contributed by atoms with Crippen molar-refractivity contribution in [2.24, 2.45) is 0 Å². The van der Waals surface area contributed by atoms with Gasteiger partial charge in [-0.25, -0.2) is 0 Å². The standard InChI is InChI=1S/C15H16ClNO2/c1-9-6-7-11(8-12(9)16)17-10(2)15-13(18)4-3-5-14(15)19/h3-8,10,17-19H,1-2H3. The van der Waals surface area contributed by atoms with Crippen molar-refractivity contribution < 1.29 is 10.2 Å². The summed E-state index contributed by atoms with van der Waals surface area (Å²) in [4.78, 5) is 0. The Morgan fingerprint density at radius 1 is 1.11 bits per heavy atom. The van der Waals surface area contributed by atoms with Gasteiger partial charge in [0, 0.05) is 10.7 Å². The molecule has 0 aliphatic heterocycles. The number of hydrogen-bond acceptors (Lipinski definition) is 3. The van der Waals surface area contributed by atoms with Crippen LogP contribution in [0.1, 0.15) is 24.1 Å². The van der Waals surface area contributed by atoms with Crippen molar-refractivity contribution in [3.05, 3.63) is 52.5 Å². The van der Waals surface area contributed by atoms with Crippen LogP contribution in [-0.2, 0) is 0 Å². The summed E-state index contributed by atoms with van der Waals surface area (Å²) >= 11 is 6.07. The van der Waals surface area contributed by atoms with Crippen molar-refractivity contribution in [3.63, 3.8) is 0 Å². The van der Waals surface area contributed by atoms with Crippen LogP contribution in [-0.4, -0.2) is 10.2 Å². The molecule has 2 aromatic carbocycles. The lowest BCUT2D eigenvalue weighted by Crippen LogP contribution is -2.07. The molecule has 19 heavy (non-hydrogen) atoms. The molecule has 0 aromatic heterocycles. The van der Waals surface area contributed by atoms with E-state index in [2.05, 4.69) is 5.32 Å². The highest BCUT2D eigenvalue weighted by molar-refractivity contribution is 6.31. The largest absolute Gasteiger partial charge is 0.507 e. The predicted molar refractivity (Wildman–Crippen MR) is 78.0 cm³/mol. The number of phenols is 2. The van der Waals surface area contributed by atoms with Gasteiger partial charge in [-0.2, -0.15) is 0 Å². The zero-order chi connectivity index (χ0) is 14.0. The fourth-order valence-electron chi connectivity index (χ4n) is 1.99. The molecule has 3 nitrogen and oxygen atoms in total. The molecule has 1 unspecified atom stereocenters. The Bertz CT molecular complexity index is 578. The highest BCUT2D eigenvalue weighted by Crippen LogP contribution is 2.34. The molecule has 3 N–H and O–H groups in total. The number of halogens is 1. The maximum atomic E-state index is 9.81. The van der Waals surface area contributed by atoms with Crippen molar-refractivity contribution in [2.75, 3.05) is 5.32 Å². The van der Waals surface area contributed by atoms with E-state index >= 15 is 0 Å². The van der Waals surface area contributed by atoms with Crippen LogP contribution < -0.4 is 5.32 Å². The molecule has 2 aromatic rings. The van der Waals surface area contributed by atoms with Gasteiger partial charge in [-0.1, -0.05) is 23.7 Å². The molecule has 0 fully saturated rings. The second kappa shape index (κ2) is 5.41. The van der Waals surface area contributed by atoms with Crippen molar-refractivity contribution >= 4 is 17.3 Å². The second-order valence-electron chi connectivity index (χ2n) is 4.54. The minimum Gasteiger partial charge on any atom is -0.507 e. The van der Waals surface area contributed by atoms with Crippen molar-refractivity contribution in [1.29, 1.82) is 0 Å². The molecule has 100 valence electrons. The van der Waals surface area contributed by atoms with Gasteiger partial charge in [0.25, 0.3) is 0 Å². The molecule has 0 saturated heterocycles. The number of nitrogens with one attached hydrogen (secondary N) is 1. The Labute approximate surface area is 117 Å². The zero-order valence-corrected chi connectivity index (χ0v) is 11.6. The molecule has 0 bridgehead atoms. The van der Waals surface area contributed by atoms with E-state index in [4.69, 9.17) is 11.6 Å². The van der Waals surface area contributed by atoms with Crippen LogP contribution >= 0.6 is 11.6 Å². The number of rotatable bonds is 3. The lowest BCUT2D eigenvalue weighted by Gasteiger charge is -2.18. The van der Waals surface area contributed by atoms with Crippen LogP contribution in [0.4, 0.5) is 5.69 Å². The third kappa shape index (κ3) is 2.93. The Kier molecular flexibility index (Phi) is 3.86. The summed E-state index contributed by atoms with van der Waals surface area (Å²) in [5.74, 6) is 0.136. The summed E-state index contributed by atoms with van der Waals surface area (Å²) in [6.07, 6.45) is 0. The van der Waals surface area contributed by atoms with E-state index in [1.165, 1.54) is 0 Å². The molecular formula is C15H16ClNO2. The third-order valence-electron chi connectivity index (χ3n) is 3.05. The number of aryl methyl sites for hydroxylation is 1. The van der Waals surface area contributed by atoms with E-state index in [1.807, 2.05) is 32.0 Å². The number of phenolic OH excluding ortho intramolecular Hbond substituents is 2. The van der Waals surface area contributed by atoms with E-state index in [-0.39, 0.29) is 17.5 Å². The summed E-state index contributed by atoms with van der Waals surface area (Å²) in [5, 5.41) is 23.5. The first-order valence-corrected chi connectivity index (χ1v) is 6.40. The summed E-state index contributed by atoms with van der Waals surface area (Å²) < 4.78 is 0. The second-order valence-corrected chi connectivity index (χ2v) is 4.95. The SMILES string of the molecule is Cc1ccc(NC(C)c2c(O)cccc2O)cc1Cl. The van der Waals surface area contributed by atoms with Crippen LogP contribution in [0.15, 0.2) is 36.4 Å². The molecule has 4 heteroatoms. The molecule has 0 saturated carbocycles. The highest BCUT2D eigenvalue weighted by Gasteiger charge is 2.15. The predicted octanol–water partition coefficient (Wildman–Crippen LogP) is 4.23. The number of benzene rings is 2. The number of aromatic hydroxyl groups is 2. The van der Waals surface area contributed by atoms with Gasteiger partial charge in [0.15, 0.2) is 0 Å². The lowest BCUT2D eigenvalue weighted by atomic mass is 10.1. The van der Waals surface area contributed by atoms with Gasteiger partial charge in [-0.15, -0.1) is 0 Å². The Balaban J connectivity index is 2.25. The van der Waals surface area contributed by atoms with E-state index in [9.17, 15) is 10.2 Å². The Morgan fingerprint density at radius 3 is 2.32 bits per heavy atom. The van der Waals surface area contributed by atoms with Gasteiger partial charge in [-0.05, 0) is 43.7 Å². The molecule has 0 spiro atoms. The van der Waals surface area contributed by atoms with Gasteiger partial charge < -0.3 is 15.5 Å². The van der Waals surface area contributed by atoms with E-state index < -0.39 is 0 Å². The Hall–Kier alpha value is -1.87. The molecule has 0 amide bonds. The van der Waals surface area contributed by atoms with Crippen LogP contribution in [0.2, 0.25) is 5.02 Å². The average Bonchev–Trinajstić information content (AvgIpc) is 2.33. The van der Waals surface area contributed by atoms with Crippen LogP contribution in [0, 0.1) is 6.92 Å². The minimum atomic E-state index is -0.236. The Morgan fingerprint density at radius 2 is 1.74 bits per heavy atom. The lowest BCUT2D eigenvalue weighted by molar-refractivity contribution is 0.434. The molecule has 0 radical (unpaired) electrons. The van der Waals surface area contributed by atoms with Crippen LogP contribution in [0.3, 0.4) is 0 Å². The first-order valence-electron chi connectivity index (χ1n) is 6.02. The summed E-state index contributed by atoms with van der Waals surface area (Å²) in [6, 6.07) is 10.1. The smallest absolute Gasteiger partial charge is 0.124 e. The maximum Gasteiger partial charge on any atom is 0.124 e. The normalized spacial score (nSPS) is 12.2. The van der Waals surface area contributed by atoms with Crippen LogP contribution in [0.25, 0.3) is 0 Å². The fraction of sp³-hybridized carbons (Fsp3) is 0.200. The van der Waals surface area contributed by atoms with Gasteiger partial charge in [0.1, 0.15) is 11.5 Å². The molecule has 1 atom stereocenters. The molecular weight excluding hydrogens is 262 g/mol. The van der Waals surface area contributed by atoms with Gasteiger partial charge in [0.2, 0.25) is 0 Å². The average molecular weight is 278 g/mol. The van der Waals surface area contributed by atoms with E-state index in [1.54, 1.807) is 18.2 Å². The summed E-state index contributed by atoms with van der Waals surface area (Å²) in [7, 11) is 0. The van der Waals surface area contributed by atoms with E-state index in [0.29, 0.717) is 10.6 Å². The van der Waals surface area contributed by atoms with E-state index in [0.717, 1.165) is 11.3 Å². The van der Waals surface area contributed by atoms with Crippen molar-refractivity contribution in [1.82, 2.24) is 0 Å². The highest BCUT2D eigenvalue weighted by atomic mass is 35.5. The van der Waals surface area contributed by atoms with Crippen molar-refractivity contribution in [3.8, 4) is 11.5 Å². The fourth-order valence-corrected chi connectivity index (χ4v) is 2.17. The first-order chi connectivity index (χ1) is 8.99. The molecule has 0 heterocycles. The molecule has 0 aliphatic carbocycles. The zero-order valence-electron chi connectivity index (χ0n) is 10.8. The topological polar surface area (TPSA) is 52.5 Å². The van der Waals surface area contributed by atoms with Gasteiger partial charge >= 0.3 is 0 Å². The third-order valence-corrected chi connectivity index (χ3v) is 3.46. The quantitative estimate of drug-likeness (QED) is 0.787.